The molecule has 1 aromatic rings. The number of esters is 1. The standard InChI is InChI=1S/C13H17NO4/c1-9(7-13(15)16-2)14-10-3-4-11-12(8-10)18-6-5-17-11/h3-4,8-9,14H,5-7H2,1-2H3/t9-/m1/s1. The molecule has 2 rings (SSSR count). The van der Waals surface area contributed by atoms with Gasteiger partial charge in [-0.25, -0.2) is 0 Å². The van der Waals surface area contributed by atoms with Crippen molar-refractivity contribution in [1.82, 2.24) is 0 Å². The summed E-state index contributed by atoms with van der Waals surface area (Å²) in [4.78, 5) is 11.1. The van der Waals surface area contributed by atoms with E-state index in [1.165, 1.54) is 7.11 Å². The lowest BCUT2D eigenvalue weighted by molar-refractivity contribution is -0.140. The van der Waals surface area contributed by atoms with Crippen molar-refractivity contribution in [3.8, 4) is 11.5 Å². The van der Waals surface area contributed by atoms with Gasteiger partial charge in [0.05, 0.1) is 13.5 Å². The van der Waals surface area contributed by atoms with E-state index in [0.29, 0.717) is 19.6 Å². The van der Waals surface area contributed by atoms with E-state index in [1.807, 2.05) is 25.1 Å². The lowest BCUT2D eigenvalue weighted by atomic mass is 10.2. The maximum Gasteiger partial charge on any atom is 0.307 e. The predicted molar refractivity (Wildman–Crippen MR) is 67.1 cm³/mol. The highest BCUT2D eigenvalue weighted by molar-refractivity contribution is 5.70. The summed E-state index contributed by atoms with van der Waals surface area (Å²) in [5.74, 6) is 1.26. The fourth-order valence-electron chi connectivity index (χ4n) is 1.80. The van der Waals surface area contributed by atoms with Gasteiger partial charge in [0, 0.05) is 17.8 Å². The second-order valence-corrected chi connectivity index (χ2v) is 4.18. The molecule has 0 unspecified atom stereocenters. The van der Waals surface area contributed by atoms with Crippen molar-refractivity contribution in [3.63, 3.8) is 0 Å². The summed E-state index contributed by atoms with van der Waals surface area (Å²) in [6.45, 7) is 3.07. The lowest BCUT2D eigenvalue weighted by Gasteiger charge is -2.20. The minimum atomic E-state index is -0.229. The number of carbonyl (C=O) groups excluding carboxylic acids is 1. The zero-order valence-corrected chi connectivity index (χ0v) is 10.6. The number of hydrogen-bond acceptors (Lipinski definition) is 5. The number of ether oxygens (including phenoxy) is 3. The SMILES string of the molecule is COC(=O)C[C@@H](C)Nc1ccc2c(c1)OCCO2. The molecule has 0 aliphatic carbocycles. The quantitative estimate of drug-likeness (QED) is 0.827. The van der Waals surface area contributed by atoms with Gasteiger partial charge >= 0.3 is 5.97 Å². The van der Waals surface area contributed by atoms with Crippen LogP contribution in [0.25, 0.3) is 0 Å². The van der Waals surface area contributed by atoms with Gasteiger partial charge in [0.1, 0.15) is 13.2 Å². The van der Waals surface area contributed by atoms with Crippen LogP contribution in [0, 0.1) is 0 Å². The Balaban J connectivity index is 1.99. The van der Waals surface area contributed by atoms with Crippen LogP contribution < -0.4 is 14.8 Å². The Labute approximate surface area is 106 Å². The third-order valence-electron chi connectivity index (χ3n) is 2.66. The molecular formula is C13H17NO4. The Morgan fingerprint density at radius 3 is 2.83 bits per heavy atom. The number of carbonyl (C=O) groups is 1. The van der Waals surface area contributed by atoms with Crippen molar-refractivity contribution in [2.75, 3.05) is 25.6 Å². The van der Waals surface area contributed by atoms with Gasteiger partial charge in [0.15, 0.2) is 11.5 Å². The number of fused-ring (bicyclic) bond motifs is 1. The van der Waals surface area contributed by atoms with Gasteiger partial charge in [-0.2, -0.15) is 0 Å². The normalized spacial score (nSPS) is 14.8. The minimum absolute atomic E-state index is 0.00000827. The van der Waals surface area contributed by atoms with E-state index in [-0.39, 0.29) is 12.0 Å². The third-order valence-corrected chi connectivity index (χ3v) is 2.66. The Hall–Kier alpha value is -1.91. The molecule has 0 amide bonds. The van der Waals surface area contributed by atoms with Crippen molar-refractivity contribution in [3.05, 3.63) is 18.2 Å². The first-order valence-corrected chi connectivity index (χ1v) is 5.92. The third kappa shape index (κ3) is 3.06. The van der Waals surface area contributed by atoms with Gasteiger partial charge in [-0.05, 0) is 19.1 Å². The van der Waals surface area contributed by atoms with Crippen LogP contribution in [0.5, 0.6) is 11.5 Å². The Morgan fingerprint density at radius 1 is 1.39 bits per heavy atom. The summed E-state index contributed by atoms with van der Waals surface area (Å²) >= 11 is 0. The zero-order chi connectivity index (χ0) is 13.0. The van der Waals surface area contributed by atoms with Crippen LogP contribution in [0.3, 0.4) is 0 Å². The molecule has 1 aliphatic heterocycles. The molecule has 0 saturated carbocycles. The molecule has 1 atom stereocenters. The van der Waals surface area contributed by atoms with E-state index in [4.69, 9.17) is 9.47 Å². The molecule has 1 heterocycles. The highest BCUT2D eigenvalue weighted by Crippen LogP contribution is 2.32. The van der Waals surface area contributed by atoms with Crippen molar-refractivity contribution >= 4 is 11.7 Å². The van der Waals surface area contributed by atoms with Crippen molar-refractivity contribution in [2.24, 2.45) is 0 Å². The lowest BCUT2D eigenvalue weighted by Crippen LogP contribution is -2.21. The number of hydrogen-bond donors (Lipinski definition) is 1. The fraction of sp³-hybridized carbons (Fsp3) is 0.462. The second-order valence-electron chi connectivity index (χ2n) is 4.18. The molecule has 5 nitrogen and oxygen atoms in total. The van der Waals surface area contributed by atoms with E-state index in [0.717, 1.165) is 17.2 Å². The van der Waals surface area contributed by atoms with Gasteiger partial charge in [0.25, 0.3) is 0 Å². The van der Waals surface area contributed by atoms with Gasteiger partial charge < -0.3 is 19.5 Å². The molecule has 98 valence electrons. The summed E-state index contributed by atoms with van der Waals surface area (Å²) in [6.07, 6.45) is 0.324. The van der Waals surface area contributed by atoms with Gasteiger partial charge in [-0.1, -0.05) is 0 Å². The second kappa shape index (κ2) is 5.62. The van der Waals surface area contributed by atoms with Crippen molar-refractivity contribution in [1.29, 1.82) is 0 Å². The molecule has 0 bridgehead atoms. The fourth-order valence-corrected chi connectivity index (χ4v) is 1.80. The monoisotopic (exact) mass is 251 g/mol. The summed E-state index contributed by atoms with van der Waals surface area (Å²) in [5, 5.41) is 3.22. The van der Waals surface area contributed by atoms with E-state index in [2.05, 4.69) is 10.1 Å². The van der Waals surface area contributed by atoms with Crippen LogP contribution in [0.1, 0.15) is 13.3 Å². The van der Waals surface area contributed by atoms with Crippen LogP contribution >= 0.6 is 0 Å². The molecule has 0 saturated heterocycles. The first-order valence-electron chi connectivity index (χ1n) is 5.92. The molecule has 1 N–H and O–H groups in total. The number of anilines is 1. The average molecular weight is 251 g/mol. The van der Waals surface area contributed by atoms with Crippen LogP contribution in [0.15, 0.2) is 18.2 Å². The molecule has 1 aliphatic rings. The highest BCUT2D eigenvalue weighted by Gasteiger charge is 2.13. The first-order chi connectivity index (χ1) is 8.69. The molecule has 0 aromatic heterocycles. The number of rotatable bonds is 4. The summed E-state index contributed by atoms with van der Waals surface area (Å²) in [5.41, 5.74) is 0.899. The smallest absolute Gasteiger partial charge is 0.307 e. The summed E-state index contributed by atoms with van der Waals surface area (Å²) in [7, 11) is 1.39. The average Bonchev–Trinajstić information content (AvgIpc) is 2.38. The van der Waals surface area contributed by atoms with E-state index in [1.54, 1.807) is 0 Å². The maximum absolute atomic E-state index is 11.1. The van der Waals surface area contributed by atoms with Gasteiger partial charge in [-0.15, -0.1) is 0 Å². The molecule has 18 heavy (non-hydrogen) atoms. The number of methoxy groups -OCH3 is 1. The van der Waals surface area contributed by atoms with Crippen LogP contribution in [0.2, 0.25) is 0 Å². The summed E-state index contributed by atoms with van der Waals surface area (Å²) in [6, 6.07) is 5.64. The molecule has 5 heteroatoms. The molecule has 0 fully saturated rings. The molecule has 1 aromatic carbocycles. The summed E-state index contributed by atoms with van der Waals surface area (Å²) < 4.78 is 15.6. The van der Waals surface area contributed by atoms with Crippen molar-refractivity contribution in [2.45, 2.75) is 19.4 Å². The Morgan fingerprint density at radius 2 is 2.11 bits per heavy atom. The number of benzene rings is 1. The van der Waals surface area contributed by atoms with Gasteiger partial charge in [-0.3, -0.25) is 4.79 Å². The van der Waals surface area contributed by atoms with Crippen LogP contribution in [-0.2, 0) is 9.53 Å². The predicted octanol–water partition coefficient (Wildman–Crippen LogP) is 1.82. The van der Waals surface area contributed by atoms with E-state index < -0.39 is 0 Å². The molecule has 0 radical (unpaired) electrons. The zero-order valence-electron chi connectivity index (χ0n) is 10.6. The minimum Gasteiger partial charge on any atom is -0.486 e. The van der Waals surface area contributed by atoms with Crippen molar-refractivity contribution < 1.29 is 19.0 Å². The molecular weight excluding hydrogens is 234 g/mol. The van der Waals surface area contributed by atoms with Crippen LogP contribution in [0.4, 0.5) is 5.69 Å². The highest BCUT2D eigenvalue weighted by atomic mass is 16.6. The van der Waals surface area contributed by atoms with E-state index >= 15 is 0 Å². The number of nitrogens with one attached hydrogen (secondary N) is 1. The topological polar surface area (TPSA) is 56.8 Å². The van der Waals surface area contributed by atoms with Crippen LogP contribution in [-0.4, -0.2) is 32.3 Å². The Kier molecular flexibility index (Phi) is 3.92. The van der Waals surface area contributed by atoms with Gasteiger partial charge in [0.2, 0.25) is 0 Å². The maximum atomic E-state index is 11.1. The first kappa shape index (κ1) is 12.5. The van der Waals surface area contributed by atoms with E-state index in [9.17, 15) is 4.79 Å². The largest absolute Gasteiger partial charge is 0.486 e. The molecule has 0 spiro atoms. The Bertz CT molecular complexity index is 433.